The van der Waals surface area contributed by atoms with Crippen LogP contribution in [0.25, 0.3) is 28.2 Å². The Bertz CT molecular complexity index is 1360. The third-order valence-corrected chi connectivity index (χ3v) is 5.60. The van der Waals surface area contributed by atoms with E-state index in [2.05, 4.69) is 18.2 Å². The SMILES string of the molecule is Nc1ccc(-c2cc(-c3ccc(OCc4ccccc4)cc3)n(-c3cccc(Cl)c3)n2)cc1. The third-order valence-electron chi connectivity index (χ3n) is 5.37. The normalized spacial score (nSPS) is 10.8. The molecule has 0 radical (unpaired) electrons. The quantitative estimate of drug-likeness (QED) is 0.282. The van der Waals surface area contributed by atoms with Gasteiger partial charge in [-0.1, -0.05) is 60.1 Å². The fraction of sp³-hybridized carbons (Fsp3) is 0.0357. The van der Waals surface area contributed by atoms with Crippen LogP contribution in [-0.4, -0.2) is 9.78 Å². The Kier molecular flexibility index (Phi) is 5.83. The molecule has 0 aliphatic heterocycles. The minimum atomic E-state index is 0.530. The summed E-state index contributed by atoms with van der Waals surface area (Å²) < 4.78 is 7.86. The zero-order valence-corrected chi connectivity index (χ0v) is 18.6. The summed E-state index contributed by atoms with van der Waals surface area (Å²) in [6.45, 7) is 0.530. The van der Waals surface area contributed by atoms with Crippen molar-refractivity contribution in [2.75, 3.05) is 5.73 Å². The lowest BCUT2D eigenvalue weighted by molar-refractivity contribution is 0.306. The van der Waals surface area contributed by atoms with Crippen molar-refractivity contribution in [1.82, 2.24) is 9.78 Å². The number of hydrogen-bond acceptors (Lipinski definition) is 3. The lowest BCUT2D eigenvalue weighted by Crippen LogP contribution is -1.99. The van der Waals surface area contributed by atoms with E-state index in [4.69, 9.17) is 27.2 Å². The first-order valence-electron chi connectivity index (χ1n) is 10.6. The molecule has 0 atom stereocenters. The van der Waals surface area contributed by atoms with Crippen molar-refractivity contribution < 1.29 is 4.74 Å². The molecule has 0 spiro atoms. The standard InChI is InChI=1S/C28H22ClN3O/c29-23-7-4-8-25(17-23)32-28(18-27(31-32)21-9-13-24(30)14-10-21)22-11-15-26(16-12-22)33-19-20-5-2-1-3-6-20/h1-18H,19,30H2. The topological polar surface area (TPSA) is 53.1 Å². The minimum absolute atomic E-state index is 0.530. The maximum absolute atomic E-state index is 6.27. The molecule has 0 aliphatic carbocycles. The number of nitrogens with two attached hydrogens (primary N) is 1. The van der Waals surface area contributed by atoms with Gasteiger partial charge in [-0.3, -0.25) is 0 Å². The van der Waals surface area contributed by atoms with Crippen LogP contribution in [0, 0.1) is 0 Å². The Labute approximate surface area is 197 Å². The zero-order chi connectivity index (χ0) is 22.6. The van der Waals surface area contributed by atoms with E-state index in [-0.39, 0.29) is 0 Å². The summed E-state index contributed by atoms with van der Waals surface area (Å²) in [5.41, 5.74) is 12.4. The highest BCUT2D eigenvalue weighted by Gasteiger charge is 2.14. The zero-order valence-electron chi connectivity index (χ0n) is 17.9. The largest absolute Gasteiger partial charge is 0.489 e. The van der Waals surface area contributed by atoms with Crippen LogP contribution in [0.1, 0.15) is 5.56 Å². The Morgan fingerprint density at radius 1 is 0.758 bits per heavy atom. The van der Waals surface area contributed by atoms with E-state index in [0.717, 1.165) is 45.2 Å². The van der Waals surface area contributed by atoms with Crippen molar-refractivity contribution in [2.24, 2.45) is 0 Å². The monoisotopic (exact) mass is 451 g/mol. The maximum atomic E-state index is 6.27. The molecule has 33 heavy (non-hydrogen) atoms. The van der Waals surface area contributed by atoms with E-state index in [0.29, 0.717) is 11.6 Å². The molecule has 0 saturated carbocycles. The van der Waals surface area contributed by atoms with Crippen LogP contribution < -0.4 is 10.5 Å². The second-order valence-electron chi connectivity index (χ2n) is 7.73. The van der Waals surface area contributed by atoms with Crippen LogP contribution in [0.15, 0.2) is 109 Å². The predicted molar refractivity (Wildman–Crippen MR) is 135 cm³/mol. The first-order valence-corrected chi connectivity index (χ1v) is 11.0. The molecule has 162 valence electrons. The summed E-state index contributed by atoms with van der Waals surface area (Å²) in [4.78, 5) is 0. The fourth-order valence-corrected chi connectivity index (χ4v) is 3.83. The minimum Gasteiger partial charge on any atom is -0.489 e. The highest BCUT2D eigenvalue weighted by Crippen LogP contribution is 2.31. The molecule has 0 amide bonds. The van der Waals surface area contributed by atoms with Crippen molar-refractivity contribution in [2.45, 2.75) is 6.61 Å². The molecule has 5 heteroatoms. The molecular formula is C28H22ClN3O. The van der Waals surface area contributed by atoms with Gasteiger partial charge in [0.15, 0.2) is 0 Å². The van der Waals surface area contributed by atoms with Gasteiger partial charge in [-0.15, -0.1) is 0 Å². The molecule has 5 aromatic rings. The molecule has 1 heterocycles. The Morgan fingerprint density at radius 3 is 2.21 bits per heavy atom. The molecule has 1 aromatic heterocycles. The van der Waals surface area contributed by atoms with E-state index in [1.165, 1.54) is 0 Å². The van der Waals surface area contributed by atoms with Gasteiger partial charge in [0.05, 0.1) is 17.1 Å². The Hall–Kier alpha value is -4.02. The first-order chi connectivity index (χ1) is 16.2. The van der Waals surface area contributed by atoms with Crippen LogP contribution in [0.2, 0.25) is 5.02 Å². The van der Waals surface area contributed by atoms with E-state index in [1.807, 2.05) is 95.7 Å². The number of ether oxygens (including phenoxy) is 1. The molecule has 0 saturated heterocycles. The summed E-state index contributed by atoms with van der Waals surface area (Å²) in [5, 5.41) is 5.54. The second-order valence-corrected chi connectivity index (χ2v) is 8.16. The van der Waals surface area contributed by atoms with Gasteiger partial charge in [0.2, 0.25) is 0 Å². The molecule has 0 bridgehead atoms. The summed E-state index contributed by atoms with van der Waals surface area (Å²) in [6.07, 6.45) is 0. The number of rotatable bonds is 6. The van der Waals surface area contributed by atoms with E-state index in [9.17, 15) is 0 Å². The molecular weight excluding hydrogens is 430 g/mol. The van der Waals surface area contributed by atoms with E-state index < -0.39 is 0 Å². The summed E-state index contributed by atoms with van der Waals surface area (Å²) in [6, 6.07) is 35.7. The number of hydrogen-bond donors (Lipinski definition) is 1. The van der Waals surface area contributed by atoms with Crippen LogP contribution >= 0.6 is 11.6 Å². The van der Waals surface area contributed by atoms with Crippen LogP contribution in [0.5, 0.6) is 5.75 Å². The van der Waals surface area contributed by atoms with E-state index >= 15 is 0 Å². The predicted octanol–water partition coefficient (Wildman–Crippen LogP) is 7.02. The smallest absolute Gasteiger partial charge is 0.119 e. The van der Waals surface area contributed by atoms with Crippen LogP contribution in [0.3, 0.4) is 0 Å². The van der Waals surface area contributed by atoms with Gasteiger partial charge in [-0.25, -0.2) is 4.68 Å². The maximum Gasteiger partial charge on any atom is 0.119 e. The van der Waals surface area contributed by atoms with Gasteiger partial charge < -0.3 is 10.5 Å². The molecule has 0 fully saturated rings. The number of nitrogen functional groups attached to an aromatic ring is 1. The van der Waals surface area contributed by atoms with Gasteiger partial charge in [0.1, 0.15) is 12.4 Å². The summed E-state index contributed by atoms with van der Waals surface area (Å²) in [5.74, 6) is 0.815. The molecule has 4 nitrogen and oxygen atoms in total. The third kappa shape index (κ3) is 4.76. The van der Waals surface area contributed by atoms with Gasteiger partial charge >= 0.3 is 0 Å². The van der Waals surface area contributed by atoms with Crippen molar-refractivity contribution in [3.05, 3.63) is 120 Å². The Morgan fingerprint density at radius 2 is 1.48 bits per heavy atom. The highest BCUT2D eigenvalue weighted by atomic mass is 35.5. The van der Waals surface area contributed by atoms with Gasteiger partial charge in [-0.05, 0) is 66.2 Å². The van der Waals surface area contributed by atoms with Gasteiger partial charge in [0.25, 0.3) is 0 Å². The van der Waals surface area contributed by atoms with Gasteiger partial charge in [-0.2, -0.15) is 5.10 Å². The van der Waals surface area contributed by atoms with Crippen molar-refractivity contribution in [1.29, 1.82) is 0 Å². The average molecular weight is 452 g/mol. The second kappa shape index (κ2) is 9.23. The molecule has 0 aliphatic rings. The fourth-order valence-electron chi connectivity index (χ4n) is 3.65. The van der Waals surface area contributed by atoms with Crippen molar-refractivity contribution >= 4 is 17.3 Å². The lowest BCUT2D eigenvalue weighted by Gasteiger charge is -2.10. The van der Waals surface area contributed by atoms with Crippen molar-refractivity contribution in [3.8, 4) is 34.0 Å². The number of nitrogens with zero attached hydrogens (tertiary/aromatic N) is 2. The van der Waals surface area contributed by atoms with E-state index in [1.54, 1.807) is 0 Å². The number of benzene rings is 4. The number of halogens is 1. The summed E-state index contributed by atoms with van der Waals surface area (Å²) >= 11 is 6.27. The first kappa shape index (κ1) is 20.9. The average Bonchev–Trinajstić information content (AvgIpc) is 3.30. The number of anilines is 1. The molecule has 0 unspecified atom stereocenters. The molecule has 2 N–H and O–H groups in total. The van der Waals surface area contributed by atoms with Crippen LogP contribution in [-0.2, 0) is 6.61 Å². The Balaban J connectivity index is 1.48. The van der Waals surface area contributed by atoms with Gasteiger partial charge in [0, 0.05) is 21.8 Å². The highest BCUT2D eigenvalue weighted by molar-refractivity contribution is 6.30. The van der Waals surface area contributed by atoms with Crippen molar-refractivity contribution in [3.63, 3.8) is 0 Å². The summed E-state index contributed by atoms with van der Waals surface area (Å²) in [7, 11) is 0. The molecule has 5 rings (SSSR count). The lowest BCUT2D eigenvalue weighted by atomic mass is 10.1. The van der Waals surface area contributed by atoms with Crippen LogP contribution in [0.4, 0.5) is 5.69 Å². The molecule has 4 aromatic carbocycles. The number of aromatic nitrogens is 2.